The van der Waals surface area contributed by atoms with Crippen molar-refractivity contribution in [2.24, 2.45) is 0 Å². The summed E-state index contributed by atoms with van der Waals surface area (Å²) >= 11 is -4.16. The molecule has 0 heterocycles. The van der Waals surface area contributed by atoms with Crippen LogP contribution in [-0.2, 0) is 15.8 Å². The van der Waals surface area contributed by atoms with Crippen molar-refractivity contribution in [3.05, 3.63) is 30.3 Å². The first-order valence-electron chi connectivity index (χ1n) is 3.72. The second kappa shape index (κ2) is 4.79. The van der Waals surface area contributed by atoms with Crippen LogP contribution in [0.5, 0.6) is 0 Å². The predicted octanol–water partition coefficient (Wildman–Crippen LogP) is 0.679. The normalized spacial score (nSPS) is 13.0. The average Bonchev–Trinajstić information content (AvgIpc) is 2.16. The van der Waals surface area contributed by atoms with E-state index in [2.05, 4.69) is 2.55 Å². The van der Waals surface area contributed by atoms with Gasteiger partial charge in [-0.05, 0) is 0 Å². The summed E-state index contributed by atoms with van der Waals surface area (Å²) < 4.78 is 71.6. The van der Waals surface area contributed by atoms with Gasteiger partial charge in [0.1, 0.15) is 0 Å². The Morgan fingerprint density at radius 3 is 2.06 bits per heavy atom. The summed E-state index contributed by atoms with van der Waals surface area (Å²) in [5.41, 5.74) is -5.55. The Labute approximate surface area is 96.7 Å². The Morgan fingerprint density at radius 2 is 1.62 bits per heavy atom. The SMILES string of the molecule is O=[Te](OS(=O)(=O)C(F)(F)F)c1ccccc1. The third kappa shape index (κ3) is 3.25. The van der Waals surface area contributed by atoms with E-state index in [1.165, 1.54) is 24.3 Å². The van der Waals surface area contributed by atoms with Gasteiger partial charge in [-0.1, -0.05) is 0 Å². The topological polar surface area (TPSA) is 60.4 Å². The fourth-order valence-electron chi connectivity index (χ4n) is 0.691. The molecule has 0 unspecified atom stereocenters. The molecule has 0 N–H and O–H groups in total. The minimum atomic E-state index is -5.78. The standard InChI is InChI=1S/C7H5F3O4STe/c8-7(9,10)15(11,12)14-16(13)6-4-2-1-3-5-6/h1-5H. The molecular weight excluding hydrogens is 365 g/mol. The first kappa shape index (κ1) is 13.6. The van der Waals surface area contributed by atoms with Gasteiger partial charge in [0.05, 0.1) is 0 Å². The molecule has 0 atom stereocenters. The summed E-state index contributed by atoms with van der Waals surface area (Å²) in [4.78, 5) is 0. The number of hydrogen-bond acceptors (Lipinski definition) is 4. The van der Waals surface area contributed by atoms with Crippen LogP contribution in [0.15, 0.2) is 30.3 Å². The molecule has 0 aliphatic heterocycles. The van der Waals surface area contributed by atoms with Crippen molar-refractivity contribution in [1.29, 1.82) is 0 Å². The molecule has 0 bridgehead atoms. The summed E-state index contributed by atoms with van der Waals surface area (Å²) in [5, 5.41) is 0. The van der Waals surface area contributed by atoms with Crippen LogP contribution < -0.4 is 3.61 Å². The van der Waals surface area contributed by atoms with Crippen LogP contribution in [0.3, 0.4) is 0 Å². The molecule has 0 aromatic heterocycles. The molecule has 16 heavy (non-hydrogen) atoms. The molecular formula is C7H5F3O4STe. The summed E-state index contributed by atoms with van der Waals surface area (Å²) in [6, 6.07) is 6.88. The molecule has 0 spiro atoms. The molecule has 0 saturated heterocycles. The van der Waals surface area contributed by atoms with Gasteiger partial charge in [0.25, 0.3) is 0 Å². The van der Waals surface area contributed by atoms with Crippen LogP contribution in [0.1, 0.15) is 0 Å². The number of alkyl halides is 3. The number of halogens is 3. The molecule has 1 aromatic rings. The van der Waals surface area contributed by atoms with E-state index in [0.717, 1.165) is 0 Å². The zero-order valence-corrected chi connectivity index (χ0v) is 10.6. The average molecular weight is 370 g/mol. The molecule has 0 aliphatic rings. The first-order chi connectivity index (χ1) is 7.24. The van der Waals surface area contributed by atoms with Gasteiger partial charge in [0, 0.05) is 0 Å². The van der Waals surface area contributed by atoms with Gasteiger partial charge >= 0.3 is 96.8 Å². The van der Waals surface area contributed by atoms with E-state index in [1.54, 1.807) is 6.07 Å². The number of benzene rings is 1. The zero-order valence-electron chi connectivity index (χ0n) is 7.47. The van der Waals surface area contributed by atoms with E-state index in [0.29, 0.717) is 0 Å². The second-order valence-corrected chi connectivity index (χ2v) is 7.87. The van der Waals surface area contributed by atoms with Crippen LogP contribution in [0.4, 0.5) is 13.2 Å². The Bertz CT molecular complexity index is 482. The Kier molecular flexibility index (Phi) is 4.06. The Hall–Kier alpha value is -0.490. The van der Waals surface area contributed by atoms with Gasteiger partial charge in [0.2, 0.25) is 0 Å². The Balaban J connectivity index is 2.89. The fourth-order valence-corrected chi connectivity index (χ4v) is 4.82. The van der Waals surface area contributed by atoms with Crippen LogP contribution in [0, 0.1) is 0 Å². The van der Waals surface area contributed by atoms with Crippen molar-refractivity contribution in [2.75, 3.05) is 0 Å². The number of rotatable bonds is 3. The van der Waals surface area contributed by atoms with Gasteiger partial charge < -0.3 is 0 Å². The zero-order chi connectivity index (χ0) is 12.4. The molecule has 9 heteroatoms. The Morgan fingerprint density at radius 1 is 1.12 bits per heavy atom. The van der Waals surface area contributed by atoms with Crippen LogP contribution in [0.25, 0.3) is 0 Å². The molecule has 1 rings (SSSR count). The summed E-state index contributed by atoms with van der Waals surface area (Å²) in [6.45, 7) is 0. The van der Waals surface area contributed by atoms with E-state index >= 15 is 0 Å². The van der Waals surface area contributed by atoms with Crippen molar-refractivity contribution in [1.82, 2.24) is 0 Å². The molecule has 1 aromatic carbocycles. The maximum absolute atomic E-state index is 11.9. The summed E-state index contributed by atoms with van der Waals surface area (Å²) in [7, 11) is -5.78. The molecule has 0 amide bonds. The van der Waals surface area contributed by atoms with E-state index < -0.39 is 35.6 Å². The number of hydrogen-bond donors (Lipinski definition) is 0. The van der Waals surface area contributed by atoms with Gasteiger partial charge in [0.15, 0.2) is 0 Å². The monoisotopic (exact) mass is 372 g/mol. The van der Waals surface area contributed by atoms with Crippen LogP contribution >= 0.6 is 0 Å². The minimum absolute atomic E-state index is 0.0288. The van der Waals surface area contributed by atoms with Gasteiger partial charge in [-0.2, -0.15) is 0 Å². The third-order valence-electron chi connectivity index (χ3n) is 1.37. The van der Waals surface area contributed by atoms with Gasteiger partial charge in [-0.3, -0.25) is 0 Å². The summed E-state index contributed by atoms with van der Waals surface area (Å²) in [5.74, 6) is 0. The molecule has 0 aliphatic carbocycles. The van der Waals surface area contributed by atoms with Crippen molar-refractivity contribution in [3.8, 4) is 0 Å². The van der Waals surface area contributed by atoms with Crippen LogP contribution in [0.2, 0.25) is 0 Å². The maximum atomic E-state index is 11.9. The van der Waals surface area contributed by atoms with E-state index in [4.69, 9.17) is 0 Å². The quantitative estimate of drug-likeness (QED) is 0.580. The second-order valence-electron chi connectivity index (χ2n) is 2.52. The van der Waals surface area contributed by atoms with Crippen molar-refractivity contribution < 1.29 is 27.2 Å². The molecule has 0 saturated carbocycles. The summed E-state index contributed by atoms with van der Waals surface area (Å²) in [6.07, 6.45) is 0. The van der Waals surface area contributed by atoms with Crippen molar-refractivity contribution in [2.45, 2.75) is 5.51 Å². The fraction of sp³-hybridized carbons (Fsp3) is 0.143. The van der Waals surface area contributed by atoms with E-state index in [1.807, 2.05) is 0 Å². The van der Waals surface area contributed by atoms with E-state index in [9.17, 15) is 24.7 Å². The third-order valence-corrected chi connectivity index (χ3v) is 6.71. The van der Waals surface area contributed by atoms with Crippen molar-refractivity contribution in [3.63, 3.8) is 0 Å². The molecule has 90 valence electrons. The van der Waals surface area contributed by atoms with Crippen molar-refractivity contribution >= 4 is 33.7 Å². The van der Waals surface area contributed by atoms with Gasteiger partial charge in [-0.25, -0.2) is 0 Å². The van der Waals surface area contributed by atoms with Gasteiger partial charge in [-0.15, -0.1) is 0 Å². The molecule has 4 nitrogen and oxygen atoms in total. The first-order valence-corrected chi connectivity index (χ1v) is 8.20. The predicted molar refractivity (Wildman–Crippen MR) is 48.6 cm³/mol. The van der Waals surface area contributed by atoms with Crippen LogP contribution in [-0.4, -0.2) is 33.9 Å². The van der Waals surface area contributed by atoms with E-state index in [-0.39, 0.29) is 3.61 Å². The molecule has 0 radical (unpaired) electrons. The molecule has 0 fully saturated rings.